The van der Waals surface area contributed by atoms with E-state index in [0.717, 1.165) is 19.4 Å². The fourth-order valence-electron chi connectivity index (χ4n) is 1.49. The Morgan fingerprint density at radius 2 is 1.93 bits per heavy atom. The fourth-order valence-corrected chi connectivity index (χ4v) is 3.47. The van der Waals surface area contributed by atoms with Gasteiger partial charge in [-0.1, -0.05) is 0 Å². The van der Waals surface area contributed by atoms with Crippen LogP contribution in [0.4, 0.5) is 0 Å². The van der Waals surface area contributed by atoms with Crippen molar-refractivity contribution in [3.8, 4) is 0 Å². The van der Waals surface area contributed by atoms with E-state index in [-0.39, 0.29) is 15.2 Å². The third-order valence-electron chi connectivity index (χ3n) is 2.24. The standard InChI is InChI=1S/C11H13NOSe/c13-11-8-4-5-9-12(11)14-10-6-2-1-3-7-10/h1-3,6-7H,4-5,8-9H2. The Bertz CT molecular complexity index is 312. The van der Waals surface area contributed by atoms with Crippen molar-refractivity contribution in [2.24, 2.45) is 0 Å². The summed E-state index contributed by atoms with van der Waals surface area (Å²) < 4.78 is 3.31. The summed E-state index contributed by atoms with van der Waals surface area (Å²) in [5.74, 6) is 0.333. The van der Waals surface area contributed by atoms with Crippen LogP contribution in [0.3, 0.4) is 0 Å². The zero-order chi connectivity index (χ0) is 9.80. The Balaban J connectivity index is 2.00. The Morgan fingerprint density at radius 1 is 1.14 bits per heavy atom. The number of nitrogens with zero attached hydrogens (tertiary/aromatic N) is 1. The monoisotopic (exact) mass is 255 g/mol. The van der Waals surface area contributed by atoms with E-state index < -0.39 is 0 Å². The van der Waals surface area contributed by atoms with Gasteiger partial charge in [0.15, 0.2) is 0 Å². The second-order valence-corrected chi connectivity index (χ2v) is 5.65. The summed E-state index contributed by atoms with van der Waals surface area (Å²) in [6.45, 7) is 0.952. The Morgan fingerprint density at radius 3 is 2.64 bits per heavy atom. The first-order valence-electron chi connectivity index (χ1n) is 4.89. The molecule has 0 unspecified atom stereocenters. The van der Waals surface area contributed by atoms with Crippen LogP contribution < -0.4 is 4.46 Å². The van der Waals surface area contributed by atoms with Gasteiger partial charge in [0, 0.05) is 0 Å². The van der Waals surface area contributed by atoms with Crippen molar-refractivity contribution in [3.63, 3.8) is 0 Å². The van der Waals surface area contributed by atoms with Crippen LogP contribution in [0.1, 0.15) is 19.3 Å². The van der Waals surface area contributed by atoms with Gasteiger partial charge >= 0.3 is 90.4 Å². The quantitative estimate of drug-likeness (QED) is 0.719. The maximum atomic E-state index is 11.5. The summed E-state index contributed by atoms with van der Waals surface area (Å²) in [6.07, 6.45) is 2.98. The Hall–Kier alpha value is -0.791. The molecule has 0 atom stereocenters. The topological polar surface area (TPSA) is 20.3 Å². The molecule has 1 amide bonds. The summed E-state index contributed by atoms with van der Waals surface area (Å²) >= 11 is 0.193. The molecule has 0 N–H and O–H groups in total. The van der Waals surface area contributed by atoms with Crippen molar-refractivity contribution in [1.29, 1.82) is 0 Å². The molecule has 0 spiro atoms. The average Bonchev–Trinajstić information content (AvgIpc) is 2.23. The molecule has 0 radical (unpaired) electrons. The van der Waals surface area contributed by atoms with Crippen LogP contribution in [-0.2, 0) is 4.79 Å². The van der Waals surface area contributed by atoms with Gasteiger partial charge in [0.2, 0.25) is 0 Å². The number of carbonyl (C=O) groups is 1. The summed E-state index contributed by atoms with van der Waals surface area (Å²) in [5, 5.41) is 0. The predicted octanol–water partition coefficient (Wildman–Crippen LogP) is 0.944. The normalized spacial score (nSPS) is 17.1. The van der Waals surface area contributed by atoms with Gasteiger partial charge in [-0.15, -0.1) is 0 Å². The van der Waals surface area contributed by atoms with Gasteiger partial charge < -0.3 is 0 Å². The minimum absolute atomic E-state index is 0.193. The molecule has 3 heteroatoms. The third-order valence-corrected chi connectivity index (χ3v) is 4.52. The summed E-state index contributed by atoms with van der Waals surface area (Å²) in [7, 11) is 0. The fraction of sp³-hybridized carbons (Fsp3) is 0.364. The van der Waals surface area contributed by atoms with Crippen molar-refractivity contribution in [2.45, 2.75) is 19.3 Å². The molecule has 74 valence electrons. The van der Waals surface area contributed by atoms with Crippen molar-refractivity contribution < 1.29 is 4.79 Å². The van der Waals surface area contributed by atoms with Gasteiger partial charge in [-0.2, -0.15) is 0 Å². The zero-order valence-electron chi connectivity index (χ0n) is 7.98. The van der Waals surface area contributed by atoms with Crippen LogP contribution in [0.25, 0.3) is 0 Å². The second kappa shape index (κ2) is 4.63. The van der Waals surface area contributed by atoms with E-state index >= 15 is 0 Å². The maximum absolute atomic E-state index is 11.5. The SMILES string of the molecule is O=C1CCCCN1[Se]c1ccccc1. The van der Waals surface area contributed by atoms with Crippen molar-refractivity contribution in [3.05, 3.63) is 30.3 Å². The van der Waals surface area contributed by atoms with Crippen LogP contribution in [0.15, 0.2) is 30.3 Å². The van der Waals surface area contributed by atoms with E-state index in [2.05, 4.69) is 12.1 Å². The van der Waals surface area contributed by atoms with Crippen molar-refractivity contribution in [1.82, 2.24) is 3.92 Å². The van der Waals surface area contributed by atoms with Crippen LogP contribution in [0.5, 0.6) is 0 Å². The van der Waals surface area contributed by atoms with Crippen molar-refractivity contribution in [2.75, 3.05) is 6.54 Å². The molecule has 1 aliphatic rings. The van der Waals surface area contributed by atoms with E-state index in [0.29, 0.717) is 5.91 Å². The van der Waals surface area contributed by atoms with Gasteiger partial charge in [0.05, 0.1) is 0 Å². The molecule has 0 aromatic heterocycles. The third kappa shape index (κ3) is 2.37. The minimum atomic E-state index is 0.193. The first-order valence-corrected chi connectivity index (χ1v) is 6.52. The van der Waals surface area contributed by atoms with Gasteiger partial charge in [-0.3, -0.25) is 0 Å². The van der Waals surface area contributed by atoms with E-state index in [1.165, 1.54) is 10.9 Å². The molecule has 1 fully saturated rings. The number of hydrogen-bond donors (Lipinski definition) is 0. The van der Waals surface area contributed by atoms with Crippen LogP contribution in [0, 0.1) is 0 Å². The first-order chi connectivity index (χ1) is 6.86. The Kier molecular flexibility index (Phi) is 3.22. The van der Waals surface area contributed by atoms with E-state index in [1.54, 1.807) is 0 Å². The van der Waals surface area contributed by atoms with Gasteiger partial charge in [0.25, 0.3) is 0 Å². The number of rotatable bonds is 2. The van der Waals surface area contributed by atoms with Crippen molar-refractivity contribution >= 4 is 25.5 Å². The molecule has 1 aliphatic heterocycles. The molecule has 1 aromatic carbocycles. The molecule has 0 bridgehead atoms. The molecule has 2 rings (SSSR count). The van der Waals surface area contributed by atoms with Crippen LogP contribution in [-0.4, -0.2) is 31.5 Å². The average molecular weight is 254 g/mol. The first kappa shape index (κ1) is 9.75. The van der Waals surface area contributed by atoms with Gasteiger partial charge in [-0.05, 0) is 0 Å². The molecule has 1 aromatic rings. The number of carbonyl (C=O) groups excluding carboxylic acids is 1. The van der Waals surface area contributed by atoms with Gasteiger partial charge in [0.1, 0.15) is 0 Å². The number of hydrogen-bond acceptors (Lipinski definition) is 1. The molecule has 0 aliphatic carbocycles. The van der Waals surface area contributed by atoms with Gasteiger partial charge in [-0.25, -0.2) is 0 Å². The van der Waals surface area contributed by atoms with E-state index in [4.69, 9.17) is 0 Å². The molecule has 1 saturated heterocycles. The summed E-state index contributed by atoms with van der Waals surface area (Å²) in [5.41, 5.74) is 0. The number of benzene rings is 1. The Labute approximate surface area is 90.7 Å². The number of piperidine rings is 1. The van der Waals surface area contributed by atoms with Crippen LogP contribution >= 0.6 is 0 Å². The zero-order valence-corrected chi connectivity index (χ0v) is 9.69. The summed E-state index contributed by atoms with van der Waals surface area (Å²) in [4.78, 5) is 11.5. The molecule has 2 nitrogen and oxygen atoms in total. The van der Waals surface area contributed by atoms with E-state index in [1.807, 2.05) is 22.1 Å². The molecule has 14 heavy (non-hydrogen) atoms. The molecular formula is C11H13NOSe. The number of amides is 1. The molecule has 0 saturated carbocycles. The second-order valence-electron chi connectivity index (χ2n) is 3.36. The van der Waals surface area contributed by atoms with Crippen LogP contribution in [0.2, 0.25) is 0 Å². The molecular weight excluding hydrogens is 241 g/mol. The molecule has 1 heterocycles. The predicted molar refractivity (Wildman–Crippen MR) is 57.4 cm³/mol. The van der Waals surface area contributed by atoms with E-state index in [9.17, 15) is 4.79 Å². The summed E-state index contributed by atoms with van der Waals surface area (Å²) in [6, 6.07) is 10.3.